The van der Waals surface area contributed by atoms with Crippen LogP contribution >= 0.6 is 0 Å². The standard InChI is InChI=1S/C15H22N4O/c1-11(2)19-15(16-10-17-19)9-14(20)12-6-5-7-13(8-12)18(3)4/h5-8,10-11,14,20H,9H2,1-4H3. The Bertz CT molecular complexity index is 563. The number of aromatic nitrogens is 3. The van der Waals surface area contributed by atoms with Crippen LogP contribution in [0.15, 0.2) is 30.6 Å². The van der Waals surface area contributed by atoms with Crippen molar-refractivity contribution in [3.05, 3.63) is 42.0 Å². The monoisotopic (exact) mass is 274 g/mol. The van der Waals surface area contributed by atoms with Crippen molar-refractivity contribution in [3.8, 4) is 0 Å². The van der Waals surface area contributed by atoms with Gasteiger partial charge in [-0.15, -0.1) is 0 Å². The molecular weight excluding hydrogens is 252 g/mol. The molecule has 5 nitrogen and oxygen atoms in total. The van der Waals surface area contributed by atoms with Gasteiger partial charge in [0.2, 0.25) is 0 Å². The molecule has 5 heteroatoms. The zero-order valence-corrected chi connectivity index (χ0v) is 12.5. The molecule has 0 aliphatic heterocycles. The van der Waals surface area contributed by atoms with E-state index in [2.05, 4.69) is 23.9 Å². The van der Waals surface area contributed by atoms with Gasteiger partial charge in [0.1, 0.15) is 12.2 Å². The van der Waals surface area contributed by atoms with E-state index in [1.165, 1.54) is 6.33 Å². The first-order valence-electron chi connectivity index (χ1n) is 6.82. The summed E-state index contributed by atoms with van der Waals surface area (Å²) in [6.07, 6.45) is 1.43. The van der Waals surface area contributed by atoms with Crippen LogP contribution in [-0.2, 0) is 6.42 Å². The van der Waals surface area contributed by atoms with Crippen molar-refractivity contribution >= 4 is 5.69 Å². The first-order valence-corrected chi connectivity index (χ1v) is 6.82. The third-order valence-electron chi connectivity index (χ3n) is 3.28. The number of rotatable bonds is 5. The summed E-state index contributed by atoms with van der Waals surface area (Å²) in [6, 6.07) is 8.16. The van der Waals surface area contributed by atoms with Crippen LogP contribution in [0.2, 0.25) is 0 Å². The topological polar surface area (TPSA) is 54.2 Å². The van der Waals surface area contributed by atoms with E-state index in [4.69, 9.17) is 0 Å². The van der Waals surface area contributed by atoms with E-state index < -0.39 is 6.10 Å². The van der Waals surface area contributed by atoms with Crippen molar-refractivity contribution in [2.75, 3.05) is 19.0 Å². The quantitative estimate of drug-likeness (QED) is 0.908. The molecule has 0 saturated heterocycles. The van der Waals surface area contributed by atoms with Crippen molar-refractivity contribution in [1.29, 1.82) is 0 Å². The Labute approximate surface area is 119 Å². The Hall–Kier alpha value is -1.88. The van der Waals surface area contributed by atoms with Crippen LogP contribution in [0.1, 0.15) is 37.4 Å². The number of hydrogen-bond donors (Lipinski definition) is 1. The number of benzene rings is 1. The largest absolute Gasteiger partial charge is 0.388 e. The zero-order chi connectivity index (χ0) is 14.7. The Morgan fingerprint density at radius 2 is 2.05 bits per heavy atom. The zero-order valence-electron chi connectivity index (χ0n) is 12.5. The molecule has 1 N–H and O–H groups in total. The molecule has 0 saturated carbocycles. The third kappa shape index (κ3) is 3.17. The molecule has 1 aromatic carbocycles. The fourth-order valence-corrected chi connectivity index (χ4v) is 2.15. The van der Waals surface area contributed by atoms with Crippen LogP contribution < -0.4 is 4.90 Å². The predicted molar refractivity (Wildman–Crippen MR) is 79.8 cm³/mol. The highest BCUT2D eigenvalue weighted by Crippen LogP contribution is 2.22. The van der Waals surface area contributed by atoms with Gasteiger partial charge in [-0.1, -0.05) is 12.1 Å². The van der Waals surface area contributed by atoms with Gasteiger partial charge in [-0.3, -0.25) is 0 Å². The molecule has 1 unspecified atom stereocenters. The highest BCUT2D eigenvalue weighted by atomic mass is 16.3. The lowest BCUT2D eigenvalue weighted by atomic mass is 10.1. The summed E-state index contributed by atoms with van der Waals surface area (Å²) in [4.78, 5) is 6.26. The Morgan fingerprint density at radius 3 is 2.70 bits per heavy atom. The lowest BCUT2D eigenvalue weighted by molar-refractivity contribution is 0.173. The minimum absolute atomic E-state index is 0.243. The van der Waals surface area contributed by atoms with Gasteiger partial charge in [-0.05, 0) is 31.5 Å². The summed E-state index contributed by atoms with van der Waals surface area (Å²) >= 11 is 0. The molecule has 1 atom stereocenters. The second kappa shape index (κ2) is 6.05. The minimum atomic E-state index is -0.573. The second-order valence-corrected chi connectivity index (χ2v) is 5.42. The van der Waals surface area contributed by atoms with Gasteiger partial charge < -0.3 is 10.0 Å². The predicted octanol–water partition coefficient (Wildman–Crippen LogP) is 2.20. The van der Waals surface area contributed by atoms with Crippen molar-refractivity contribution in [2.24, 2.45) is 0 Å². The van der Waals surface area contributed by atoms with Gasteiger partial charge in [0.05, 0.1) is 6.10 Å². The minimum Gasteiger partial charge on any atom is -0.388 e. The summed E-state index contributed by atoms with van der Waals surface area (Å²) in [7, 11) is 3.97. The number of hydrogen-bond acceptors (Lipinski definition) is 4. The van der Waals surface area contributed by atoms with E-state index in [9.17, 15) is 5.11 Å². The fraction of sp³-hybridized carbons (Fsp3) is 0.467. The maximum atomic E-state index is 10.4. The Kier molecular flexibility index (Phi) is 4.39. The van der Waals surface area contributed by atoms with E-state index in [0.29, 0.717) is 6.42 Å². The maximum Gasteiger partial charge on any atom is 0.138 e. The number of aliphatic hydroxyl groups is 1. The molecule has 20 heavy (non-hydrogen) atoms. The van der Waals surface area contributed by atoms with Crippen LogP contribution in [0.4, 0.5) is 5.69 Å². The van der Waals surface area contributed by atoms with Gasteiger partial charge in [0.25, 0.3) is 0 Å². The first-order chi connectivity index (χ1) is 9.49. The lowest BCUT2D eigenvalue weighted by Crippen LogP contribution is -2.13. The van der Waals surface area contributed by atoms with E-state index >= 15 is 0 Å². The van der Waals surface area contributed by atoms with E-state index in [1.807, 2.05) is 47.9 Å². The van der Waals surface area contributed by atoms with Gasteiger partial charge in [0.15, 0.2) is 0 Å². The SMILES string of the molecule is CC(C)n1ncnc1CC(O)c1cccc(N(C)C)c1. The van der Waals surface area contributed by atoms with Gasteiger partial charge >= 0.3 is 0 Å². The van der Waals surface area contributed by atoms with E-state index in [-0.39, 0.29) is 6.04 Å². The molecule has 0 bridgehead atoms. The van der Waals surface area contributed by atoms with Crippen molar-refractivity contribution in [1.82, 2.24) is 14.8 Å². The number of nitrogens with zero attached hydrogens (tertiary/aromatic N) is 4. The number of aliphatic hydroxyl groups excluding tert-OH is 1. The summed E-state index contributed by atoms with van der Waals surface area (Å²) in [6.45, 7) is 4.11. The van der Waals surface area contributed by atoms with Crippen molar-refractivity contribution < 1.29 is 5.11 Å². The average molecular weight is 274 g/mol. The smallest absolute Gasteiger partial charge is 0.138 e. The average Bonchev–Trinajstić information content (AvgIpc) is 2.87. The summed E-state index contributed by atoms with van der Waals surface area (Å²) < 4.78 is 1.85. The Balaban J connectivity index is 2.17. The molecule has 0 radical (unpaired) electrons. The normalized spacial score (nSPS) is 12.7. The summed E-state index contributed by atoms with van der Waals surface area (Å²) in [5.74, 6) is 0.808. The van der Waals surface area contributed by atoms with E-state index in [1.54, 1.807) is 0 Å². The molecule has 0 aliphatic carbocycles. The van der Waals surface area contributed by atoms with Crippen molar-refractivity contribution in [2.45, 2.75) is 32.4 Å². The van der Waals surface area contributed by atoms with Crippen LogP contribution in [0.25, 0.3) is 0 Å². The molecule has 1 heterocycles. The molecule has 108 valence electrons. The second-order valence-electron chi connectivity index (χ2n) is 5.42. The lowest BCUT2D eigenvalue weighted by Gasteiger charge is -2.17. The van der Waals surface area contributed by atoms with Crippen molar-refractivity contribution in [3.63, 3.8) is 0 Å². The molecule has 0 amide bonds. The third-order valence-corrected chi connectivity index (χ3v) is 3.28. The van der Waals surface area contributed by atoms with Crippen LogP contribution in [0, 0.1) is 0 Å². The Morgan fingerprint density at radius 1 is 1.30 bits per heavy atom. The van der Waals surface area contributed by atoms with Gasteiger partial charge in [0, 0.05) is 32.2 Å². The fourth-order valence-electron chi connectivity index (χ4n) is 2.15. The van der Waals surface area contributed by atoms with Gasteiger partial charge in [-0.2, -0.15) is 5.10 Å². The highest BCUT2D eigenvalue weighted by Gasteiger charge is 2.15. The molecule has 0 aliphatic rings. The summed E-state index contributed by atoms with van der Waals surface area (Å²) in [5.41, 5.74) is 1.97. The van der Waals surface area contributed by atoms with Gasteiger partial charge in [-0.25, -0.2) is 9.67 Å². The molecular formula is C15H22N4O. The maximum absolute atomic E-state index is 10.4. The first kappa shape index (κ1) is 14.5. The van der Waals surface area contributed by atoms with Crippen LogP contribution in [0.3, 0.4) is 0 Å². The number of anilines is 1. The molecule has 0 spiro atoms. The van der Waals surface area contributed by atoms with Crippen LogP contribution in [-0.4, -0.2) is 34.0 Å². The molecule has 0 fully saturated rings. The van der Waals surface area contributed by atoms with E-state index in [0.717, 1.165) is 17.1 Å². The molecule has 1 aromatic heterocycles. The highest BCUT2D eigenvalue weighted by molar-refractivity contribution is 5.47. The molecule has 2 rings (SSSR count). The summed E-state index contributed by atoms with van der Waals surface area (Å²) in [5, 5.41) is 14.6. The van der Waals surface area contributed by atoms with Crippen LogP contribution in [0.5, 0.6) is 0 Å². The molecule has 2 aromatic rings.